The molecule has 0 bridgehead atoms. The van der Waals surface area contributed by atoms with Gasteiger partial charge in [0.2, 0.25) is 5.88 Å². The van der Waals surface area contributed by atoms with Gasteiger partial charge >= 0.3 is 0 Å². The lowest BCUT2D eigenvalue weighted by Crippen LogP contribution is -2.31. The van der Waals surface area contributed by atoms with Gasteiger partial charge in [-0.3, -0.25) is 4.79 Å². The summed E-state index contributed by atoms with van der Waals surface area (Å²) in [7, 11) is 1.61. The van der Waals surface area contributed by atoms with E-state index in [4.69, 9.17) is 9.47 Å². The average Bonchev–Trinajstić information content (AvgIpc) is 3.32. The van der Waals surface area contributed by atoms with Crippen molar-refractivity contribution in [2.24, 2.45) is 5.92 Å². The summed E-state index contributed by atoms with van der Waals surface area (Å²) in [6.07, 6.45) is 5.48. The van der Waals surface area contributed by atoms with Gasteiger partial charge in [0.1, 0.15) is 12.2 Å². The van der Waals surface area contributed by atoms with Crippen LogP contribution in [-0.2, 0) is 4.74 Å². The number of pyridine rings is 1. The standard InChI is InChI=1S/C17H25N3O3/c1-22-9-10-23-17-15(3-2-7-18-17)16(21)19-11-13-6-8-20(12-13)14-4-5-14/h2-3,7,13-14H,4-6,8-12H2,1H3,(H,19,21)/t13-/m1/s1. The maximum absolute atomic E-state index is 12.4. The molecule has 0 unspecified atom stereocenters. The number of nitrogens with zero attached hydrogens (tertiary/aromatic N) is 2. The summed E-state index contributed by atoms with van der Waals surface area (Å²) >= 11 is 0. The van der Waals surface area contributed by atoms with Crippen LogP contribution in [-0.4, -0.2) is 61.8 Å². The van der Waals surface area contributed by atoms with Crippen LogP contribution in [0.4, 0.5) is 0 Å². The number of hydrogen-bond acceptors (Lipinski definition) is 5. The van der Waals surface area contributed by atoms with E-state index in [1.165, 1.54) is 25.8 Å². The first-order valence-corrected chi connectivity index (χ1v) is 8.37. The molecule has 2 heterocycles. The quantitative estimate of drug-likeness (QED) is 0.732. The molecule has 0 radical (unpaired) electrons. The van der Waals surface area contributed by atoms with Gasteiger partial charge < -0.3 is 19.7 Å². The first-order chi connectivity index (χ1) is 11.3. The highest BCUT2D eigenvalue weighted by Gasteiger charge is 2.34. The highest BCUT2D eigenvalue weighted by Crippen LogP contribution is 2.31. The minimum absolute atomic E-state index is 0.115. The number of hydrogen-bond donors (Lipinski definition) is 1. The molecule has 0 spiro atoms. The number of likely N-dealkylation sites (tertiary alicyclic amines) is 1. The minimum atomic E-state index is -0.115. The van der Waals surface area contributed by atoms with Crippen molar-refractivity contribution >= 4 is 5.91 Å². The Morgan fingerprint density at radius 2 is 2.26 bits per heavy atom. The number of rotatable bonds is 8. The highest BCUT2D eigenvalue weighted by molar-refractivity contribution is 5.96. The molecule has 1 saturated carbocycles. The summed E-state index contributed by atoms with van der Waals surface area (Å²) in [5, 5.41) is 3.03. The van der Waals surface area contributed by atoms with Crippen LogP contribution < -0.4 is 10.1 Å². The molecule has 1 saturated heterocycles. The van der Waals surface area contributed by atoms with E-state index in [2.05, 4.69) is 15.2 Å². The maximum atomic E-state index is 12.4. The molecule has 1 aliphatic carbocycles. The van der Waals surface area contributed by atoms with Gasteiger partial charge in [0.05, 0.1) is 6.61 Å². The normalized spacial score (nSPS) is 21.3. The second-order valence-electron chi connectivity index (χ2n) is 6.29. The first-order valence-electron chi connectivity index (χ1n) is 8.37. The third-order valence-corrected chi connectivity index (χ3v) is 4.47. The molecule has 3 rings (SSSR count). The topological polar surface area (TPSA) is 63.7 Å². The predicted octanol–water partition coefficient (Wildman–Crippen LogP) is 1.32. The van der Waals surface area contributed by atoms with Gasteiger partial charge in [0.15, 0.2) is 0 Å². The van der Waals surface area contributed by atoms with E-state index in [1.54, 1.807) is 25.4 Å². The number of amides is 1. The van der Waals surface area contributed by atoms with E-state index in [9.17, 15) is 4.79 Å². The second-order valence-corrected chi connectivity index (χ2v) is 6.29. The van der Waals surface area contributed by atoms with Crippen LogP contribution in [0.15, 0.2) is 18.3 Å². The van der Waals surface area contributed by atoms with Crippen LogP contribution in [0.3, 0.4) is 0 Å². The molecule has 126 valence electrons. The summed E-state index contributed by atoms with van der Waals surface area (Å²) in [5.41, 5.74) is 0.487. The van der Waals surface area contributed by atoms with Crippen molar-refractivity contribution in [3.63, 3.8) is 0 Å². The number of nitrogens with one attached hydrogen (secondary N) is 1. The molecule has 6 heteroatoms. The van der Waals surface area contributed by atoms with Gasteiger partial charge in [-0.2, -0.15) is 0 Å². The molecule has 0 aromatic carbocycles. The molecule has 2 fully saturated rings. The smallest absolute Gasteiger partial charge is 0.256 e. The Balaban J connectivity index is 1.49. The average molecular weight is 319 g/mol. The zero-order valence-corrected chi connectivity index (χ0v) is 13.7. The van der Waals surface area contributed by atoms with Crippen molar-refractivity contribution in [1.29, 1.82) is 0 Å². The third-order valence-electron chi connectivity index (χ3n) is 4.47. The molecule has 1 N–H and O–H groups in total. The van der Waals surface area contributed by atoms with Crippen molar-refractivity contribution in [2.45, 2.75) is 25.3 Å². The number of aromatic nitrogens is 1. The van der Waals surface area contributed by atoms with E-state index in [1.807, 2.05) is 0 Å². The summed E-state index contributed by atoms with van der Waals surface area (Å²) in [4.78, 5) is 19.1. The van der Waals surface area contributed by atoms with Crippen LogP contribution in [0.2, 0.25) is 0 Å². The van der Waals surface area contributed by atoms with Crippen molar-refractivity contribution in [1.82, 2.24) is 15.2 Å². The molecular formula is C17H25N3O3. The van der Waals surface area contributed by atoms with E-state index in [0.29, 0.717) is 37.1 Å². The van der Waals surface area contributed by atoms with Gasteiger partial charge in [-0.15, -0.1) is 0 Å². The Bertz CT molecular complexity index is 534. The number of carbonyl (C=O) groups excluding carboxylic acids is 1. The van der Waals surface area contributed by atoms with Crippen molar-refractivity contribution < 1.29 is 14.3 Å². The molecular weight excluding hydrogens is 294 g/mol. The fourth-order valence-electron chi connectivity index (χ4n) is 3.03. The maximum Gasteiger partial charge on any atom is 0.256 e. The zero-order valence-electron chi connectivity index (χ0n) is 13.7. The first kappa shape index (κ1) is 16.2. The predicted molar refractivity (Wildman–Crippen MR) is 86.6 cm³/mol. The van der Waals surface area contributed by atoms with Crippen molar-refractivity contribution in [3.05, 3.63) is 23.9 Å². The van der Waals surface area contributed by atoms with E-state index in [0.717, 1.165) is 12.6 Å². The van der Waals surface area contributed by atoms with Gasteiger partial charge in [-0.05, 0) is 43.9 Å². The fraction of sp³-hybridized carbons (Fsp3) is 0.647. The van der Waals surface area contributed by atoms with Gasteiger partial charge in [-0.25, -0.2) is 4.98 Å². The van der Waals surface area contributed by atoms with E-state index >= 15 is 0 Å². The largest absolute Gasteiger partial charge is 0.475 e. The Morgan fingerprint density at radius 1 is 1.39 bits per heavy atom. The molecule has 23 heavy (non-hydrogen) atoms. The fourth-order valence-corrected chi connectivity index (χ4v) is 3.03. The molecule has 2 aliphatic rings. The van der Waals surface area contributed by atoms with Crippen LogP contribution in [0.5, 0.6) is 5.88 Å². The Kier molecular flexibility index (Phi) is 5.46. The Hall–Kier alpha value is -1.66. The lowest BCUT2D eigenvalue weighted by atomic mass is 10.1. The zero-order chi connectivity index (χ0) is 16.1. The SMILES string of the molecule is COCCOc1ncccc1C(=O)NC[C@H]1CCN(C2CC2)C1. The highest BCUT2D eigenvalue weighted by atomic mass is 16.5. The molecule has 1 amide bonds. The minimum Gasteiger partial charge on any atom is -0.475 e. The summed E-state index contributed by atoms with van der Waals surface area (Å²) in [6, 6.07) is 4.31. The van der Waals surface area contributed by atoms with Gasteiger partial charge in [0, 0.05) is 32.4 Å². The molecule has 1 aliphatic heterocycles. The molecule has 1 atom stereocenters. The summed E-state index contributed by atoms with van der Waals surface area (Å²) in [6.45, 7) is 3.84. The molecule has 1 aromatic rings. The number of ether oxygens (including phenoxy) is 2. The Labute approximate surface area is 137 Å². The number of methoxy groups -OCH3 is 1. The lowest BCUT2D eigenvalue weighted by Gasteiger charge is -2.15. The molecule has 6 nitrogen and oxygen atoms in total. The van der Waals surface area contributed by atoms with Crippen molar-refractivity contribution in [2.75, 3.05) is 40.0 Å². The summed E-state index contributed by atoms with van der Waals surface area (Å²) in [5.74, 6) is 0.803. The number of carbonyl (C=O) groups is 1. The monoisotopic (exact) mass is 319 g/mol. The second kappa shape index (κ2) is 7.75. The van der Waals surface area contributed by atoms with Crippen LogP contribution >= 0.6 is 0 Å². The summed E-state index contributed by atoms with van der Waals surface area (Å²) < 4.78 is 10.5. The van der Waals surface area contributed by atoms with Gasteiger partial charge in [-0.1, -0.05) is 0 Å². The van der Waals surface area contributed by atoms with Crippen LogP contribution in [0.1, 0.15) is 29.6 Å². The lowest BCUT2D eigenvalue weighted by molar-refractivity contribution is 0.0938. The van der Waals surface area contributed by atoms with E-state index in [-0.39, 0.29) is 5.91 Å². The van der Waals surface area contributed by atoms with Gasteiger partial charge in [0.25, 0.3) is 5.91 Å². The van der Waals surface area contributed by atoms with Crippen LogP contribution in [0, 0.1) is 5.92 Å². The van der Waals surface area contributed by atoms with Crippen LogP contribution in [0.25, 0.3) is 0 Å². The van der Waals surface area contributed by atoms with E-state index < -0.39 is 0 Å². The third kappa shape index (κ3) is 4.42. The molecule has 1 aromatic heterocycles. The Morgan fingerprint density at radius 3 is 3.04 bits per heavy atom. The van der Waals surface area contributed by atoms with Crippen molar-refractivity contribution in [3.8, 4) is 5.88 Å².